The predicted octanol–water partition coefficient (Wildman–Crippen LogP) is 3.05. The molecule has 4 atom stereocenters. The minimum Gasteiger partial charge on any atom is -0.388 e. The zero-order chi connectivity index (χ0) is 22.9. The van der Waals surface area contributed by atoms with Gasteiger partial charge in [-0.1, -0.05) is 30.3 Å². The van der Waals surface area contributed by atoms with Crippen LogP contribution in [0.15, 0.2) is 67.1 Å². The third-order valence-corrected chi connectivity index (χ3v) is 5.82. The van der Waals surface area contributed by atoms with Gasteiger partial charge in [-0.15, -0.1) is 0 Å². The molecule has 1 aliphatic heterocycles. The SMILES string of the molecule is C[C@@H]1O[C@@H](n2cc(-c3ccccc3)c3c(Nc4ccc(NC=O)cc4)ncnc32)[C@H](O)[C@@H]1O. The van der Waals surface area contributed by atoms with Crippen molar-refractivity contribution in [2.45, 2.75) is 31.5 Å². The smallest absolute Gasteiger partial charge is 0.211 e. The lowest BCUT2D eigenvalue weighted by molar-refractivity contribution is -0.105. The van der Waals surface area contributed by atoms with Gasteiger partial charge in [0.25, 0.3) is 0 Å². The molecule has 1 fully saturated rings. The van der Waals surface area contributed by atoms with Crippen molar-refractivity contribution in [1.82, 2.24) is 14.5 Å². The summed E-state index contributed by atoms with van der Waals surface area (Å²) < 4.78 is 7.62. The van der Waals surface area contributed by atoms with Crippen LogP contribution in [0.1, 0.15) is 13.2 Å². The molecule has 0 spiro atoms. The van der Waals surface area contributed by atoms with E-state index in [2.05, 4.69) is 20.6 Å². The molecule has 1 saturated heterocycles. The number of amides is 1. The fourth-order valence-electron chi connectivity index (χ4n) is 4.12. The number of carbonyl (C=O) groups excluding carboxylic acids is 1. The molecule has 0 unspecified atom stereocenters. The first-order valence-corrected chi connectivity index (χ1v) is 10.6. The van der Waals surface area contributed by atoms with E-state index < -0.39 is 24.5 Å². The molecular formula is C24H23N5O4. The Morgan fingerprint density at radius 2 is 1.73 bits per heavy atom. The van der Waals surface area contributed by atoms with Crippen LogP contribution < -0.4 is 10.6 Å². The van der Waals surface area contributed by atoms with Crippen LogP contribution in [0.5, 0.6) is 0 Å². The summed E-state index contributed by atoms with van der Waals surface area (Å²) in [6, 6.07) is 17.0. The maximum atomic E-state index is 10.7. The van der Waals surface area contributed by atoms with Crippen LogP contribution in [-0.4, -0.2) is 49.5 Å². The molecule has 4 N–H and O–H groups in total. The molecule has 0 bridgehead atoms. The molecular weight excluding hydrogens is 422 g/mol. The van der Waals surface area contributed by atoms with Crippen molar-refractivity contribution < 1.29 is 19.7 Å². The normalized spacial score (nSPS) is 22.4. The number of benzene rings is 2. The number of carbonyl (C=O) groups is 1. The van der Waals surface area contributed by atoms with Gasteiger partial charge in [-0.25, -0.2) is 9.97 Å². The molecule has 1 amide bonds. The van der Waals surface area contributed by atoms with Crippen molar-refractivity contribution in [2.24, 2.45) is 0 Å². The van der Waals surface area contributed by atoms with Gasteiger partial charge in [-0.3, -0.25) is 4.79 Å². The molecule has 0 radical (unpaired) electrons. The first-order chi connectivity index (χ1) is 16.1. The molecule has 2 aromatic carbocycles. The first-order valence-electron chi connectivity index (χ1n) is 10.6. The maximum absolute atomic E-state index is 10.7. The van der Waals surface area contributed by atoms with Gasteiger partial charge in [0.1, 0.15) is 30.0 Å². The lowest BCUT2D eigenvalue weighted by atomic mass is 10.1. The summed E-state index contributed by atoms with van der Waals surface area (Å²) in [5, 5.41) is 27.5. The first kappa shape index (κ1) is 21.1. The van der Waals surface area contributed by atoms with Crippen LogP contribution in [0.4, 0.5) is 17.2 Å². The van der Waals surface area contributed by atoms with E-state index in [1.54, 1.807) is 23.6 Å². The highest BCUT2D eigenvalue weighted by atomic mass is 16.6. The second-order valence-electron chi connectivity index (χ2n) is 7.91. The number of hydrogen-bond acceptors (Lipinski definition) is 7. The van der Waals surface area contributed by atoms with Gasteiger partial charge >= 0.3 is 0 Å². The number of nitrogens with zero attached hydrogens (tertiary/aromatic N) is 3. The molecule has 3 heterocycles. The summed E-state index contributed by atoms with van der Waals surface area (Å²) in [4.78, 5) is 19.6. The Hall–Kier alpha value is -3.79. The van der Waals surface area contributed by atoms with Crippen LogP contribution in [0.25, 0.3) is 22.2 Å². The van der Waals surface area contributed by atoms with Crippen LogP contribution in [0.2, 0.25) is 0 Å². The fraction of sp³-hybridized carbons (Fsp3) is 0.208. The average Bonchev–Trinajstić information content (AvgIpc) is 3.35. The number of fused-ring (bicyclic) bond motifs is 1. The molecule has 2 aromatic heterocycles. The second kappa shape index (κ2) is 8.62. The highest BCUT2D eigenvalue weighted by molar-refractivity contribution is 6.02. The predicted molar refractivity (Wildman–Crippen MR) is 124 cm³/mol. The molecule has 0 aliphatic carbocycles. The molecule has 4 aromatic rings. The van der Waals surface area contributed by atoms with Crippen LogP contribution in [0, 0.1) is 0 Å². The highest BCUT2D eigenvalue weighted by Gasteiger charge is 2.42. The number of nitrogens with one attached hydrogen (secondary N) is 2. The van der Waals surface area contributed by atoms with Crippen LogP contribution in [0.3, 0.4) is 0 Å². The Bertz CT molecular complexity index is 1280. The summed E-state index contributed by atoms with van der Waals surface area (Å²) in [5.74, 6) is 0.579. The van der Waals surface area contributed by atoms with E-state index in [9.17, 15) is 15.0 Å². The number of rotatable bonds is 6. The summed E-state index contributed by atoms with van der Waals surface area (Å²) in [6.07, 6.45) is 0.554. The van der Waals surface area contributed by atoms with E-state index in [1.807, 2.05) is 48.7 Å². The van der Waals surface area contributed by atoms with Gasteiger partial charge in [0, 0.05) is 23.1 Å². The number of hydrogen-bond donors (Lipinski definition) is 4. The Balaban J connectivity index is 1.63. The monoisotopic (exact) mass is 445 g/mol. The van der Waals surface area contributed by atoms with Gasteiger partial charge in [-0.05, 0) is 36.8 Å². The van der Waals surface area contributed by atoms with E-state index in [4.69, 9.17) is 4.74 Å². The highest BCUT2D eigenvalue weighted by Crippen LogP contribution is 2.39. The Kier molecular flexibility index (Phi) is 5.51. The Morgan fingerprint density at radius 1 is 1.00 bits per heavy atom. The van der Waals surface area contributed by atoms with Crippen LogP contribution >= 0.6 is 0 Å². The fourth-order valence-corrected chi connectivity index (χ4v) is 4.12. The Morgan fingerprint density at radius 3 is 2.39 bits per heavy atom. The molecule has 33 heavy (non-hydrogen) atoms. The summed E-state index contributed by atoms with van der Waals surface area (Å²) >= 11 is 0. The van der Waals surface area contributed by atoms with Gasteiger partial charge in [0.15, 0.2) is 6.23 Å². The number of aliphatic hydroxyl groups excluding tert-OH is 2. The van der Waals surface area contributed by atoms with Gasteiger partial charge in [-0.2, -0.15) is 0 Å². The zero-order valence-electron chi connectivity index (χ0n) is 17.8. The standard InChI is InChI=1S/C24H23N5O4/c1-14-20(31)21(32)24(33-14)29-11-18(15-5-3-2-4-6-15)19-22(25-12-26-23(19)29)28-17-9-7-16(8-10-17)27-13-30/h2-14,20-21,24,31-32H,1H3,(H,27,30)(H,25,26,28)/t14-,20+,21+,24+/m0/s1. The van der Waals surface area contributed by atoms with E-state index in [0.717, 1.165) is 22.2 Å². The van der Waals surface area contributed by atoms with Crippen molar-refractivity contribution in [1.29, 1.82) is 0 Å². The summed E-state index contributed by atoms with van der Waals surface area (Å²) in [6.45, 7) is 1.72. The van der Waals surface area contributed by atoms with E-state index in [-0.39, 0.29) is 0 Å². The number of ether oxygens (including phenoxy) is 1. The van der Waals surface area contributed by atoms with Crippen molar-refractivity contribution in [3.05, 3.63) is 67.1 Å². The second-order valence-corrected chi connectivity index (χ2v) is 7.91. The molecule has 9 heteroatoms. The lowest BCUT2D eigenvalue weighted by Crippen LogP contribution is -2.30. The molecule has 1 aliphatic rings. The summed E-state index contributed by atoms with van der Waals surface area (Å²) in [7, 11) is 0. The average molecular weight is 445 g/mol. The third kappa shape index (κ3) is 3.82. The number of anilines is 3. The van der Waals surface area contributed by atoms with Gasteiger partial charge in [0.05, 0.1) is 11.5 Å². The lowest BCUT2D eigenvalue weighted by Gasteiger charge is -2.17. The Labute approximate surface area is 189 Å². The minimum absolute atomic E-state index is 0.513. The van der Waals surface area contributed by atoms with Crippen LogP contribution in [-0.2, 0) is 9.53 Å². The minimum atomic E-state index is -1.09. The largest absolute Gasteiger partial charge is 0.388 e. The number of aromatic nitrogens is 3. The van der Waals surface area contributed by atoms with Crippen molar-refractivity contribution >= 4 is 34.6 Å². The van der Waals surface area contributed by atoms with Gasteiger partial charge in [0.2, 0.25) is 6.41 Å². The van der Waals surface area contributed by atoms with Gasteiger partial charge < -0.3 is 30.2 Å². The summed E-state index contributed by atoms with van der Waals surface area (Å²) in [5.41, 5.74) is 3.83. The van der Waals surface area contributed by atoms with Crippen molar-refractivity contribution in [3.63, 3.8) is 0 Å². The third-order valence-electron chi connectivity index (χ3n) is 5.82. The molecule has 168 valence electrons. The zero-order valence-corrected chi connectivity index (χ0v) is 17.8. The topological polar surface area (TPSA) is 122 Å². The van der Waals surface area contributed by atoms with E-state index >= 15 is 0 Å². The molecule has 0 saturated carbocycles. The number of aliphatic hydroxyl groups is 2. The van der Waals surface area contributed by atoms with Crippen molar-refractivity contribution in [3.8, 4) is 11.1 Å². The maximum Gasteiger partial charge on any atom is 0.211 e. The quantitative estimate of drug-likeness (QED) is 0.337. The molecule has 5 rings (SSSR count). The van der Waals surface area contributed by atoms with E-state index in [1.165, 1.54) is 6.33 Å². The van der Waals surface area contributed by atoms with Crippen molar-refractivity contribution in [2.75, 3.05) is 10.6 Å². The van der Waals surface area contributed by atoms with E-state index in [0.29, 0.717) is 23.6 Å². The molecule has 9 nitrogen and oxygen atoms in total.